The molecule has 1 fully saturated rings. The van der Waals surface area contributed by atoms with Gasteiger partial charge < -0.3 is 10.1 Å². The lowest BCUT2D eigenvalue weighted by molar-refractivity contribution is -0.133. The fraction of sp³-hybridized carbons (Fsp3) is 0.385. The van der Waals surface area contributed by atoms with Crippen LogP contribution in [-0.4, -0.2) is 18.1 Å². The number of nitrogens with zero attached hydrogens (tertiary/aromatic N) is 1. The number of hydrogen-bond acceptors (Lipinski definition) is 3. The van der Waals surface area contributed by atoms with E-state index >= 15 is 0 Å². The second-order valence-corrected chi connectivity index (χ2v) is 5.30. The molecule has 1 aromatic carbocycles. The Morgan fingerprint density at radius 3 is 2.94 bits per heavy atom. The predicted octanol–water partition coefficient (Wildman–Crippen LogP) is 2.83. The van der Waals surface area contributed by atoms with Gasteiger partial charge in [0.2, 0.25) is 0 Å². The van der Waals surface area contributed by atoms with Crippen LogP contribution in [0.25, 0.3) is 0 Å². The zero-order chi connectivity index (χ0) is 13.2. The Bertz CT molecular complexity index is 516. The molecule has 0 aromatic heterocycles. The molecule has 5 heteroatoms. The Kier molecular flexibility index (Phi) is 3.69. The maximum absolute atomic E-state index is 12.1. The van der Waals surface area contributed by atoms with Crippen molar-refractivity contribution in [1.29, 1.82) is 5.26 Å². The summed E-state index contributed by atoms with van der Waals surface area (Å²) in [6, 6.07) is 7.09. The van der Waals surface area contributed by atoms with Gasteiger partial charge >= 0.3 is 0 Å². The minimum atomic E-state index is -0.743. The fourth-order valence-electron chi connectivity index (χ4n) is 1.90. The van der Waals surface area contributed by atoms with Crippen molar-refractivity contribution < 1.29 is 9.53 Å². The van der Waals surface area contributed by atoms with Crippen LogP contribution in [0.15, 0.2) is 22.7 Å². The second kappa shape index (κ2) is 5.09. The highest BCUT2D eigenvalue weighted by atomic mass is 79.9. The van der Waals surface area contributed by atoms with Gasteiger partial charge in [0.15, 0.2) is 0 Å². The lowest BCUT2D eigenvalue weighted by Crippen LogP contribution is -2.39. The standard InChI is InChI=1S/C13H13BrN2O2/c1-13(5-2-6-18-13)12(17)16-11-4-3-9(8-15)7-10(11)14/h3-4,7H,2,5-6H2,1H3,(H,16,17). The molecule has 18 heavy (non-hydrogen) atoms. The van der Waals surface area contributed by atoms with E-state index in [1.165, 1.54) is 0 Å². The molecule has 1 aromatic rings. The Labute approximate surface area is 114 Å². The number of ether oxygens (including phenoxy) is 1. The summed E-state index contributed by atoms with van der Waals surface area (Å²) in [5.74, 6) is -0.148. The Balaban J connectivity index is 2.15. The number of nitriles is 1. The van der Waals surface area contributed by atoms with Crippen LogP contribution in [0.5, 0.6) is 0 Å². The zero-order valence-corrected chi connectivity index (χ0v) is 11.6. The largest absolute Gasteiger partial charge is 0.365 e. The minimum absolute atomic E-state index is 0.148. The van der Waals surface area contributed by atoms with Crippen LogP contribution in [0.3, 0.4) is 0 Å². The van der Waals surface area contributed by atoms with Crippen molar-refractivity contribution in [2.24, 2.45) is 0 Å². The molecule has 0 radical (unpaired) electrons. The van der Waals surface area contributed by atoms with Crippen molar-refractivity contribution in [2.75, 3.05) is 11.9 Å². The summed E-state index contributed by atoms with van der Waals surface area (Å²) in [4.78, 5) is 12.1. The molecule has 1 N–H and O–H groups in total. The quantitative estimate of drug-likeness (QED) is 0.914. The fourth-order valence-corrected chi connectivity index (χ4v) is 2.38. The van der Waals surface area contributed by atoms with Gasteiger partial charge in [-0.2, -0.15) is 5.26 Å². The highest BCUT2D eigenvalue weighted by Gasteiger charge is 2.37. The highest BCUT2D eigenvalue weighted by Crippen LogP contribution is 2.29. The summed E-state index contributed by atoms with van der Waals surface area (Å²) in [7, 11) is 0. The Morgan fingerprint density at radius 2 is 2.39 bits per heavy atom. The molecule has 1 amide bonds. The van der Waals surface area contributed by atoms with Crippen LogP contribution in [0, 0.1) is 11.3 Å². The van der Waals surface area contributed by atoms with Crippen LogP contribution in [-0.2, 0) is 9.53 Å². The van der Waals surface area contributed by atoms with Crippen LogP contribution < -0.4 is 5.32 Å². The third-order valence-electron chi connectivity index (χ3n) is 3.05. The molecule has 0 saturated carbocycles. The SMILES string of the molecule is CC1(C(=O)Nc2ccc(C#N)cc2Br)CCCO1. The number of carbonyl (C=O) groups excluding carboxylic acids is 1. The van der Waals surface area contributed by atoms with E-state index in [2.05, 4.69) is 21.2 Å². The lowest BCUT2D eigenvalue weighted by Gasteiger charge is -2.22. The van der Waals surface area contributed by atoms with Crippen LogP contribution >= 0.6 is 15.9 Å². The van der Waals surface area contributed by atoms with Gasteiger partial charge in [-0.3, -0.25) is 4.79 Å². The van der Waals surface area contributed by atoms with Crippen molar-refractivity contribution in [1.82, 2.24) is 0 Å². The zero-order valence-electron chi connectivity index (χ0n) is 10.00. The summed E-state index contributed by atoms with van der Waals surface area (Å²) >= 11 is 3.34. The lowest BCUT2D eigenvalue weighted by atomic mass is 10.0. The van der Waals surface area contributed by atoms with Crippen molar-refractivity contribution in [3.63, 3.8) is 0 Å². The number of anilines is 1. The van der Waals surface area contributed by atoms with E-state index < -0.39 is 5.60 Å². The van der Waals surface area contributed by atoms with E-state index in [0.29, 0.717) is 22.3 Å². The van der Waals surface area contributed by atoms with Gasteiger partial charge in [-0.25, -0.2) is 0 Å². The van der Waals surface area contributed by atoms with E-state index in [0.717, 1.165) is 12.8 Å². The molecule has 1 aliphatic heterocycles. The Hall–Kier alpha value is -1.38. The van der Waals surface area contributed by atoms with E-state index in [1.807, 2.05) is 6.07 Å². The number of amides is 1. The molecule has 1 unspecified atom stereocenters. The maximum Gasteiger partial charge on any atom is 0.256 e. The van der Waals surface area contributed by atoms with Crippen LogP contribution in [0.1, 0.15) is 25.3 Å². The van der Waals surface area contributed by atoms with E-state index in [9.17, 15) is 4.79 Å². The van der Waals surface area contributed by atoms with Crippen molar-refractivity contribution in [3.8, 4) is 6.07 Å². The number of rotatable bonds is 2. The first-order chi connectivity index (χ1) is 8.55. The first-order valence-corrected chi connectivity index (χ1v) is 6.49. The van der Waals surface area contributed by atoms with E-state index in [-0.39, 0.29) is 5.91 Å². The molecule has 94 valence electrons. The van der Waals surface area contributed by atoms with Gasteiger partial charge in [0.05, 0.1) is 17.3 Å². The topological polar surface area (TPSA) is 62.1 Å². The van der Waals surface area contributed by atoms with Gasteiger partial charge in [-0.15, -0.1) is 0 Å². The second-order valence-electron chi connectivity index (χ2n) is 4.44. The Morgan fingerprint density at radius 1 is 1.61 bits per heavy atom. The maximum atomic E-state index is 12.1. The summed E-state index contributed by atoms with van der Waals surface area (Å²) in [6.45, 7) is 2.42. The number of nitrogens with one attached hydrogen (secondary N) is 1. The first kappa shape index (κ1) is 13.1. The van der Waals surface area contributed by atoms with Crippen LogP contribution in [0.2, 0.25) is 0 Å². The number of benzene rings is 1. The molecule has 1 heterocycles. The third-order valence-corrected chi connectivity index (χ3v) is 3.70. The monoisotopic (exact) mass is 308 g/mol. The normalized spacial score (nSPS) is 22.5. The van der Waals surface area contributed by atoms with Crippen LogP contribution in [0.4, 0.5) is 5.69 Å². The van der Waals surface area contributed by atoms with Gasteiger partial charge in [-0.1, -0.05) is 0 Å². The minimum Gasteiger partial charge on any atom is -0.365 e. The molecule has 1 saturated heterocycles. The summed E-state index contributed by atoms with van der Waals surface area (Å²) in [5.41, 5.74) is 0.451. The number of hydrogen-bond donors (Lipinski definition) is 1. The van der Waals surface area contributed by atoms with Crippen molar-refractivity contribution >= 4 is 27.5 Å². The van der Waals surface area contributed by atoms with Gasteiger partial charge in [0.1, 0.15) is 5.60 Å². The van der Waals surface area contributed by atoms with E-state index in [1.54, 1.807) is 25.1 Å². The molecule has 2 rings (SSSR count). The number of carbonyl (C=O) groups is 1. The molecule has 4 nitrogen and oxygen atoms in total. The van der Waals surface area contributed by atoms with Crippen molar-refractivity contribution in [3.05, 3.63) is 28.2 Å². The summed E-state index contributed by atoms with van der Waals surface area (Å²) in [6.07, 6.45) is 1.63. The molecule has 1 aliphatic rings. The highest BCUT2D eigenvalue weighted by molar-refractivity contribution is 9.10. The summed E-state index contributed by atoms with van der Waals surface area (Å²) in [5, 5.41) is 11.6. The molecular weight excluding hydrogens is 296 g/mol. The molecule has 0 spiro atoms. The van der Waals surface area contributed by atoms with Crippen molar-refractivity contribution in [2.45, 2.75) is 25.4 Å². The summed E-state index contributed by atoms with van der Waals surface area (Å²) < 4.78 is 6.17. The van der Waals surface area contributed by atoms with Gasteiger partial charge in [0.25, 0.3) is 5.91 Å². The third kappa shape index (κ3) is 2.55. The smallest absolute Gasteiger partial charge is 0.256 e. The van der Waals surface area contributed by atoms with E-state index in [4.69, 9.17) is 10.00 Å². The first-order valence-electron chi connectivity index (χ1n) is 5.70. The predicted molar refractivity (Wildman–Crippen MR) is 71.1 cm³/mol. The number of halogens is 1. The molecule has 1 atom stereocenters. The van der Waals surface area contributed by atoms with Gasteiger partial charge in [0, 0.05) is 11.1 Å². The average molecular weight is 309 g/mol. The molecular formula is C13H13BrN2O2. The average Bonchev–Trinajstić information content (AvgIpc) is 2.80. The molecule has 0 bridgehead atoms. The van der Waals surface area contributed by atoms with Gasteiger partial charge in [-0.05, 0) is 53.9 Å². The molecule has 0 aliphatic carbocycles.